The number of nitro groups is 1. The van der Waals surface area contributed by atoms with Crippen LogP contribution in [0.3, 0.4) is 0 Å². The highest BCUT2D eigenvalue weighted by Gasteiger charge is 2.39. The molecule has 1 fully saturated rings. The largest absolute Gasteiger partial charge is 0.467 e. The van der Waals surface area contributed by atoms with Gasteiger partial charge in [0.1, 0.15) is 12.4 Å². The van der Waals surface area contributed by atoms with Crippen molar-refractivity contribution in [1.29, 1.82) is 0 Å². The van der Waals surface area contributed by atoms with Crippen molar-refractivity contribution in [3.05, 3.63) is 22.5 Å². The second-order valence-electron chi connectivity index (χ2n) is 3.74. The predicted molar refractivity (Wildman–Crippen MR) is 52.7 cm³/mol. The van der Waals surface area contributed by atoms with Gasteiger partial charge in [-0.1, -0.05) is 0 Å². The molecule has 0 bridgehead atoms. The average molecular weight is 225 g/mol. The van der Waals surface area contributed by atoms with Crippen molar-refractivity contribution in [2.45, 2.75) is 18.9 Å². The number of carbonyl (C=O) groups is 1. The maximum Gasteiger partial charge on any atom is 0.330 e. The molecule has 0 saturated heterocycles. The van der Waals surface area contributed by atoms with Gasteiger partial charge in [0.25, 0.3) is 0 Å². The number of hydrogen-bond acceptors (Lipinski definition) is 5. The van der Waals surface area contributed by atoms with Crippen molar-refractivity contribution < 1.29 is 14.5 Å². The maximum atomic E-state index is 11.5. The molecule has 0 N–H and O–H groups in total. The van der Waals surface area contributed by atoms with E-state index < -0.39 is 16.9 Å². The summed E-state index contributed by atoms with van der Waals surface area (Å²) in [6.07, 6.45) is 4.25. The van der Waals surface area contributed by atoms with E-state index in [1.165, 1.54) is 18.0 Å². The van der Waals surface area contributed by atoms with Gasteiger partial charge in [-0.15, -0.1) is 0 Å². The summed E-state index contributed by atoms with van der Waals surface area (Å²) in [5.74, 6) is -0.215. The first-order valence-corrected chi connectivity index (χ1v) is 4.90. The van der Waals surface area contributed by atoms with Crippen molar-refractivity contribution in [3.63, 3.8) is 0 Å². The summed E-state index contributed by atoms with van der Waals surface area (Å²) < 4.78 is 5.99. The van der Waals surface area contributed by atoms with E-state index in [1.807, 2.05) is 0 Å². The minimum atomic E-state index is -0.537. The first kappa shape index (κ1) is 10.6. The van der Waals surface area contributed by atoms with Crippen LogP contribution in [0.2, 0.25) is 0 Å². The van der Waals surface area contributed by atoms with Gasteiger partial charge in [-0.25, -0.2) is 4.79 Å². The summed E-state index contributed by atoms with van der Waals surface area (Å²) >= 11 is 0. The predicted octanol–water partition coefficient (Wildman–Crippen LogP) is 0.915. The van der Waals surface area contributed by atoms with Crippen LogP contribution in [0.5, 0.6) is 0 Å². The number of esters is 1. The molecular formula is C9H11N3O4. The Hall–Kier alpha value is -1.92. The first-order chi connectivity index (χ1) is 7.63. The van der Waals surface area contributed by atoms with Crippen LogP contribution in [-0.2, 0) is 9.53 Å². The normalized spacial score (nSPS) is 16.8. The molecule has 1 unspecified atom stereocenters. The highest BCUT2D eigenvalue weighted by molar-refractivity contribution is 5.74. The van der Waals surface area contributed by atoms with Gasteiger partial charge >= 0.3 is 11.7 Å². The van der Waals surface area contributed by atoms with Crippen LogP contribution in [0.1, 0.15) is 18.9 Å². The molecule has 0 aliphatic heterocycles. The fourth-order valence-corrected chi connectivity index (χ4v) is 1.62. The molecule has 0 amide bonds. The Kier molecular flexibility index (Phi) is 2.59. The van der Waals surface area contributed by atoms with E-state index in [2.05, 4.69) is 9.84 Å². The molecule has 0 spiro atoms. The van der Waals surface area contributed by atoms with Crippen LogP contribution in [0, 0.1) is 16.0 Å². The summed E-state index contributed by atoms with van der Waals surface area (Å²) in [5, 5.41) is 14.3. The molecule has 16 heavy (non-hydrogen) atoms. The lowest BCUT2D eigenvalue weighted by atomic mass is 10.2. The van der Waals surface area contributed by atoms with Crippen molar-refractivity contribution >= 4 is 11.7 Å². The molecule has 86 valence electrons. The maximum absolute atomic E-state index is 11.5. The third-order valence-corrected chi connectivity index (χ3v) is 2.59. The molecule has 1 aliphatic carbocycles. The van der Waals surface area contributed by atoms with Gasteiger partial charge in [-0.2, -0.15) is 5.10 Å². The molecule has 0 radical (unpaired) electrons. The van der Waals surface area contributed by atoms with Gasteiger partial charge in [0.2, 0.25) is 0 Å². The lowest BCUT2D eigenvalue weighted by Gasteiger charge is -2.13. The van der Waals surface area contributed by atoms with Crippen molar-refractivity contribution in [3.8, 4) is 0 Å². The van der Waals surface area contributed by atoms with Crippen LogP contribution in [0.25, 0.3) is 0 Å². The zero-order valence-electron chi connectivity index (χ0n) is 8.70. The molecule has 0 aromatic carbocycles. The van der Waals surface area contributed by atoms with Gasteiger partial charge < -0.3 is 4.74 Å². The minimum absolute atomic E-state index is 0.116. The van der Waals surface area contributed by atoms with Crippen LogP contribution in [0.4, 0.5) is 5.69 Å². The summed E-state index contributed by atoms with van der Waals surface area (Å²) in [7, 11) is 1.30. The molecule has 1 aliphatic rings. The monoisotopic (exact) mass is 225 g/mol. The zero-order chi connectivity index (χ0) is 11.7. The number of aromatic nitrogens is 2. The molecule has 1 aromatic heterocycles. The molecule has 1 saturated carbocycles. The van der Waals surface area contributed by atoms with Gasteiger partial charge in [-0.3, -0.25) is 14.8 Å². The SMILES string of the molecule is COC(=O)C(C1CC1)n1cc([N+](=O)[O-])cn1. The summed E-state index contributed by atoms with van der Waals surface area (Å²) in [5.41, 5.74) is -0.116. The second-order valence-corrected chi connectivity index (χ2v) is 3.74. The molecule has 2 rings (SSSR count). The Morgan fingerprint density at radius 2 is 2.44 bits per heavy atom. The number of ether oxygens (including phenoxy) is 1. The van der Waals surface area contributed by atoms with E-state index in [1.54, 1.807) is 0 Å². The molecule has 1 aromatic rings. The first-order valence-electron chi connectivity index (χ1n) is 4.90. The lowest BCUT2D eigenvalue weighted by molar-refractivity contribution is -0.385. The Bertz CT molecular complexity index is 424. The van der Waals surface area contributed by atoms with Crippen molar-refractivity contribution in [2.75, 3.05) is 7.11 Å². The van der Waals surface area contributed by atoms with E-state index in [4.69, 9.17) is 0 Å². The second kappa shape index (κ2) is 3.92. The zero-order valence-corrected chi connectivity index (χ0v) is 8.70. The Balaban J connectivity index is 2.24. The molecule has 1 heterocycles. The van der Waals surface area contributed by atoms with Crippen LogP contribution in [-0.4, -0.2) is 27.8 Å². The average Bonchev–Trinajstić information content (AvgIpc) is 2.95. The minimum Gasteiger partial charge on any atom is -0.467 e. The fraction of sp³-hybridized carbons (Fsp3) is 0.556. The van der Waals surface area contributed by atoms with Gasteiger partial charge in [0.15, 0.2) is 6.04 Å². The van der Waals surface area contributed by atoms with Crippen LogP contribution >= 0.6 is 0 Å². The number of rotatable bonds is 4. The van der Waals surface area contributed by atoms with E-state index in [0.29, 0.717) is 0 Å². The van der Waals surface area contributed by atoms with Crippen LogP contribution in [0.15, 0.2) is 12.4 Å². The van der Waals surface area contributed by atoms with Gasteiger partial charge in [-0.05, 0) is 18.8 Å². The summed E-state index contributed by atoms with van der Waals surface area (Å²) in [6, 6.07) is -0.529. The summed E-state index contributed by atoms with van der Waals surface area (Å²) in [4.78, 5) is 21.5. The third-order valence-electron chi connectivity index (χ3n) is 2.59. The van der Waals surface area contributed by atoms with Crippen molar-refractivity contribution in [2.24, 2.45) is 5.92 Å². The lowest BCUT2D eigenvalue weighted by Crippen LogP contribution is -2.23. The Morgan fingerprint density at radius 1 is 1.75 bits per heavy atom. The van der Waals surface area contributed by atoms with Crippen molar-refractivity contribution in [1.82, 2.24) is 9.78 Å². The van der Waals surface area contributed by atoms with Gasteiger partial charge in [0, 0.05) is 0 Å². The van der Waals surface area contributed by atoms with E-state index in [9.17, 15) is 14.9 Å². The molecule has 7 nitrogen and oxygen atoms in total. The van der Waals surface area contributed by atoms with Gasteiger partial charge in [0.05, 0.1) is 12.0 Å². The number of carbonyl (C=O) groups excluding carboxylic acids is 1. The standard InChI is InChI=1S/C9H11N3O4/c1-16-9(13)8(6-2-3-6)11-5-7(4-10-11)12(14)15/h4-6,8H,2-3H2,1H3. The topological polar surface area (TPSA) is 87.3 Å². The van der Waals surface area contributed by atoms with E-state index in [-0.39, 0.29) is 11.6 Å². The third kappa shape index (κ3) is 1.88. The molecular weight excluding hydrogens is 214 g/mol. The van der Waals surface area contributed by atoms with E-state index >= 15 is 0 Å². The molecule has 1 atom stereocenters. The highest BCUT2D eigenvalue weighted by Crippen LogP contribution is 2.40. The number of hydrogen-bond donors (Lipinski definition) is 0. The summed E-state index contributed by atoms with van der Waals surface area (Å²) in [6.45, 7) is 0. The highest BCUT2D eigenvalue weighted by atomic mass is 16.6. The van der Waals surface area contributed by atoms with Crippen LogP contribution < -0.4 is 0 Å². The Labute approximate surface area is 91.2 Å². The fourth-order valence-electron chi connectivity index (χ4n) is 1.62. The Morgan fingerprint density at radius 3 is 2.88 bits per heavy atom. The smallest absolute Gasteiger partial charge is 0.330 e. The van der Waals surface area contributed by atoms with E-state index in [0.717, 1.165) is 19.0 Å². The number of methoxy groups -OCH3 is 1. The number of nitrogens with zero attached hydrogens (tertiary/aromatic N) is 3. The molecule has 7 heteroatoms. The quantitative estimate of drug-likeness (QED) is 0.432.